The van der Waals surface area contributed by atoms with Gasteiger partial charge in [-0.25, -0.2) is 9.45 Å². The van der Waals surface area contributed by atoms with Gasteiger partial charge in [-0.2, -0.15) is 0 Å². The highest BCUT2D eigenvalue weighted by Crippen LogP contribution is 2.18. The first-order valence-electron chi connectivity index (χ1n) is 4.71. The summed E-state index contributed by atoms with van der Waals surface area (Å²) in [5.74, 6) is -0.559. The Kier molecular flexibility index (Phi) is 4.25. The Morgan fingerprint density at radius 3 is 2.62 bits per heavy atom. The first kappa shape index (κ1) is 12.4. The molecule has 0 spiro atoms. The molecule has 0 atom stereocenters. The minimum absolute atomic E-state index is 0.0885. The highest BCUT2D eigenvalue weighted by Gasteiger charge is 2.11. The summed E-state index contributed by atoms with van der Waals surface area (Å²) in [6.45, 7) is 0. The molecule has 88 valence electrons. The van der Waals surface area contributed by atoms with Crippen LogP contribution in [0.2, 0.25) is 0 Å². The first-order valence-corrected chi connectivity index (χ1v) is 4.71. The van der Waals surface area contributed by atoms with Crippen molar-refractivity contribution in [3.63, 3.8) is 0 Å². The molecule has 1 aromatic rings. The molecule has 0 unspecified atom stereocenters. The predicted molar refractivity (Wildman–Crippen MR) is 56.4 cm³/mol. The number of methoxy groups -OCH3 is 1. The summed E-state index contributed by atoms with van der Waals surface area (Å²) in [4.78, 5) is 16.2. The highest BCUT2D eigenvalue weighted by atomic mass is 19.1. The molecule has 0 fully saturated rings. The molecule has 1 amide bonds. The van der Waals surface area contributed by atoms with Crippen molar-refractivity contribution in [3.05, 3.63) is 29.6 Å². The summed E-state index contributed by atoms with van der Waals surface area (Å²) in [7, 11) is 4.29. The van der Waals surface area contributed by atoms with Crippen LogP contribution < -0.4 is 4.74 Å². The molecule has 0 saturated heterocycles. The third kappa shape index (κ3) is 2.93. The summed E-state index contributed by atoms with van der Waals surface area (Å²) < 4.78 is 18.1. The van der Waals surface area contributed by atoms with E-state index in [1.54, 1.807) is 6.07 Å². The van der Waals surface area contributed by atoms with Crippen LogP contribution in [0.15, 0.2) is 18.2 Å². The summed E-state index contributed by atoms with van der Waals surface area (Å²) in [6.07, 6.45) is 0.0885. The van der Waals surface area contributed by atoms with Gasteiger partial charge in [0.25, 0.3) is 0 Å². The minimum Gasteiger partial charge on any atom is -0.494 e. The Balaban J connectivity index is 2.75. The van der Waals surface area contributed by atoms with Crippen molar-refractivity contribution < 1.29 is 18.8 Å². The topological polar surface area (TPSA) is 38.8 Å². The molecule has 1 rings (SSSR count). The number of hydroxylamine groups is 2. The predicted octanol–water partition coefficient (Wildman–Crippen LogP) is 1.40. The van der Waals surface area contributed by atoms with E-state index in [4.69, 9.17) is 9.57 Å². The lowest BCUT2D eigenvalue weighted by Crippen LogP contribution is -2.26. The molecule has 0 aliphatic rings. The summed E-state index contributed by atoms with van der Waals surface area (Å²) in [5, 5.41) is 1.10. The molecule has 0 heterocycles. The van der Waals surface area contributed by atoms with E-state index in [1.807, 2.05) is 0 Å². The average Bonchev–Trinajstić information content (AvgIpc) is 2.28. The fraction of sp³-hybridized carbons (Fsp3) is 0.364. The fourth-order valence-electron chi connectivity index (χ4n) is 1.21. The van der Waals surface area contributed by atoms with Gasteiger partial charge in [0.05, 0.1) is 20.6 Å². The van der Waals surface area contributed by atoms with E-state index >= 15 is 0 Å². The third-order valence-electron chi connectivity index (χ3n) is 2.20. The second-order valence-corrected chi connectivity index (χ2v) is 3.22. The van der Waals surface area contributed by atoms with E-state index < -0.39 is 5.82 Å². The molecule has 0 bridgehead atoms. The van der Waals surface area contributed by atoms with E-state index in [2.05, 4.69) is 0 Å². The quantitative estimate of drug-likeness (QED) is 0.730. The van der Waals surface area contributed by atoms with E-state index in [1.165, 1.54) is 33.4 Å². The summed E-state index contributed by atoms with van der Waals surface area (Å²) >= 11 is 0. The number of benzene rings is 1. The number of ether oxygens (including phenoxy) is 1. The van der Waals surface area contributed by atoms with Crippen molar-refractivity contribution in [2.45, 2.75) is 6.42 Å². The largest absolute Gasteiger partial charge is 0.494 e. The van der Waals surface area contributed by atoms with Gasteiger partial charge in [0.1, 0.15) is 0 Å². The number of likely N-dealkylation sites (N-methyl/N-ethyl adjacent to an activating group) is 1. The molecule has 0 aromatic heterocycles. The fourth-order valence-corrected chi connectivity index (χ4v) is 1.21. The number of carbonyl (C=O) groups excluding carboxylic acids is 1. The van der Waals surface area contributed by atoms with Crippen LogP contribution in [-0.2, 0) is 16.1 Å². The molecule has 0 aliphatic heterocycles. The van der Waals surface area contributed by atoms with Crippen LogP contribution in [0.1, 0.15) is 5.56 Å². The van der Waals surface area contributed by atoms with Crippen molar-refractivity contribution in [2.75, 3.05) is 21.3 Å². The molecule has 0 saturated carbocycles. The molecule has 0 aliphatic carbocycles. The normalized spacial score (nSPS) is 10.0. The SMILES string of the molecule is COc1ccc(CC(=O)N(C)OC)cc1F. The average molecular weight is 227 g/mol. The Hall–Kier alpha value is -1.62. The van der Waals surface area contributed by atoms with E-state index in [-0.39, 0.29) is 18.1 Å². The van der Waals surface area contributed by atoms with Crippen molar-refractivity contribution in [1.29, 1.82) is 0 Å². The zero-order valence-corrected chi connectivity index (χ0v) is 9.49. The highest BCUT2D eigenvalue weighted by molar-refractivity contribution is 5.77. The Morgan fingerprint density at radius 1 is 1.44 bits per heavy atom. The minimum atomic E-state index is -0.479. The van der Waals surface area contributed by atoms with Gasteiger partial charge in [-0.15, -0.1) is 0 Å². The molecule has 16 heavy (non-hydrogen) atoms. The Bertz CT molecular complexity index is 381. The molecule has 5 heteroatoms. The van der Waals surface area contributed by atoms with E-state index in [9.17, 15) is 9.18 Å². The van der Waals surface area contributed by atoms with Gasteiger partial charge in [-0.1, -0.05) is 6.07 Å². The van der Waals surface area contributed by atoms with Crippen LogP contribution in [-0.4, -0.2) is 32.2 Å². The lowest BCUT2D eigenvalue weighted by molar-refractivity contribution is -0.167. The maximum atomic E-state index is 13.3. The zero-order chi connectivity index (χ0) is 12.1. The van der Waals surface area contributed by atoms with Crippen LogP contribution in [0.5, 0.6) is 5.75 Å². The Morgan fingerprint density at radius 2 is 2.12 bits per heavy atom. The van der Waals surface area contributed by atoms with Crippen LogP contribution in [0, 0.1) is 5.82 Å². The molecular formula is C11H14FNO3. The van der Waals surface area contributed by atoms with Gasteiger partial charge in [0, 0.05) is 7.05 Å². The van der Waals surface area contributed by atoms with Gasteiger partial charge in [0.15, 0.2) is 11.6 Å². The van der Waals surface area contributed by atoms with Crippen LogP contribution in [0.3, 0.4) is 0 Å². The second-order valence-electron chi connectivity index (χ2n) is 3.22. The van der Waals surface area contributed by atoms with Crippen molar-refractivity contribution in [3.8, 4) is 5.75 Å². The number of amides is 1. The number of carbonyl (C=O) groups is 1. The molecule has 0 radical (unpaired) electrons. The van der Waals surface area contributed by atoms with Crippen molar-refractivity contribution in [2.24, 2.45) is 0 Å². The number of rotatable bonds is 4. The maximum Gasteiger partial charge on any atom is 0.250 e. The van der Waals surface area contributed by atoms with Crippen LogP contribution in [0.25, 0.3) is 0 Å². The third-order valence-corrected chi connectivity index (χ3v) is 2.20. The summed E-state index contributed by atoms with van der Waals surface area (Å²) in [5.41, 5.74) is 0.576. The monoisotopic (exact) mass is 227 g/mol. The van der Waals surface area contributed by atoms with Gasteiger partial charge >= 0.3 is 0 Å². The van der Waals surface area contributed by atoms with Gasteiger partial charge in [-0.3, -0.25) is 9.63 Å². The van der Waals surface area contributed by atoms with Crippen molar-refractivity contribution in [1.82, 2.24) is 5.06 Å². The lowest BCUT2D eigenvalue weighted by atomic mass is 10.1. The number of halogens is 1. The molecule has 4 nitrogen and oxygen atoms in total. The van der Waals surface area contributed by atoms with E-state index in [0.29, 0.717) is 5.56 Å². The standard InChI is InChI=1S/C11H14FNO3/c1-13(16-3)11(14)7-8-4-5-10(15-2)9(12)6-8/h4-6H,7H2,1-3H3. The smallest absolute Gasteiger partial charge is 0.250 e. The second kappa shape index (κ2) is 5.46. The molecule has 1 aromatic carbocycles. The first-order chi connectivity index (χ1) is 7.58. The van der Waals surface area contributed by atoms with Crippen molar-refractivity contribution >= 4 is 5.91 Å². The maximum absolute atomic E-state index is 13.3. The summed E-state index contributed by atoms with van der Waals surface area (Å²) in [6, 6.07) is 4.41. The zero-order valence-electron chi connectivity index (χ0n) is 9.49. The lowest BCUT2D eigenvalue weighted by Gasteiger charge is -2.13. The molecular weight excluding hydrogens is 213 g/mol. The van der Waals surface area contributed by atoms with Crippen LogP contribution >= 0.6 is 0 Å². The Labute approximate surface area is 93.5 Å². The van der Waals surface area contributed by atoms with Gasteiger partial charge in [-0.05, 0) is 17.7 Å². The molecule has 0 N–H and O–H groups in total. The van der Waals surface area contributed by atoms with Gasteiger partial charge < -0.3 is 4.74 Å². The number of nitrogens with zero attached hydrogens (tertiary/aromatic N) is 1. The number of hydrogen-bond donors (Lipinski definition) is 0. The van der Waals surface area contributed by atoms with Crippen LogP contribution in [0.4, 0.5) is 4.39 Å². The van der Waals surface area contributed by atoms with Gasteiger partial charge in [0.2, 0.25) is 5.91 Å². The van der Waals surface area contributed by atoms with E-state index in [0.717, 1.165) is 5.06 Å². The number of hydrogen-bond acceptors (Lipinski definition) is 3.